The van der Waals surface area contributed by atoms with Gasteiger partial charge in [0.05, 0.1) is 23.0 Å². The largest absolute Gasteiger partial charge is 0.309 e. The van der Waals surface area contributed by atoms with E-state index in [4.69, 9.17) is 0 Å². The Bertz CT molecular complexity index is 728. The van der Waals surface area contributed by atoms with E-state index in [1.54, 1.807) is 10.9 Å². The number of hydrogen-bond acceptors (Lipinski definition) is 4. The molecule has 2 aliphatic heterocycles. The van der Waals surface area contributed by atoms with Crippen molar-refractivity contribution >= 4 is 11.6 Å². The van der Waals surface area contributed by atoms with Crippen molar-refractivity contribution in [2.24, 2.45) is 12.5 Å². The van der Waals surface area contributed by atoms with Crippen molar-refractivity contribution in [3.05, 3.63) is 42.5 Å². The van der Waals surface area contributed by atoms with E-state index in [0.29, 0.717) is 0 Å². The van der Waals surface area contributed by atoms with Gasteiger partial charge in [0.25, 0.3) is 0 Å². The third-order valence-electron chi connectivity index (χ3n) is 5.28. The Labute approximate surface area is 142 Å². The molecule has 0 radical (unpaired) electrons. The van der Waals surface area contributed by atoms with Gasteiger partial charge in [-0.3, -0.25) is 19.4 Å². The minimum atomic E-state index is -0.233. The van der Waals surface area contributed by atoms with Gasteiger partial charge in [-0.15, -0.1) is 0 Å². The lowest BCUT2D eigenvalue weighted by Gasteiger charge is -2.38. The Hall–Kier alpha value is -2.21. The van der Waals surface area contributed by atoms with Gasteiger partial charge in [-0.25, -0.2) is 0 Å². The van der Waals surface area contributed by atoms with Crippen LogP contribution in [0, 0.1) is 5.41 Å². The number of hydrogen-bond donors (Lipinski definition) is 0. The molecule has 24 heavy (non-hydrogen) atoms. The molecule has 2 fully saturated rings. The molecule has 0 bridgehead atoms. The highest BCUT2D eigenvalue weighted by atomic mass is 16.2. The molecule has 6 nitrogen and oxygen atoms in total. The highest BCUT2D eigenvalue weighted by Crippen LogP contribution is 2.41. The first-order chi connectivity index (χ1) is 11.7. The van der Waals surface area contributed by atoms with Gasteiger partial charge in [-0.1, -0.05) is 6.07 Å². The Morgan fingerprint density at radius 3 is 2.92 bits per heavy atom. The van der Waals surface area contributed by atoms with Crippen LogP contribution in [0.1, 0.15) is 25.0 Å². The highest BCUT2D eigenvalue weighted by molar-refractivity contribution is 6.00. The summed E-state index contributed by atoms with van der Waals surface area (Å²) in [6.07, 6.45) is 8.52. The molecule has 4 rings (SSSR count). The summed E-state index contributed by atoms with van der Waals surface area (Å²) in [6.45, 7) is 3.49. The van der Waals surface area contributed by atoms with E-state index >= 15 is 0 Å². The monoisotopic (exact) mass is 325 g/mol. The van der Waals surface area contributed by atoms with Crippen LogP contribution < -0.4 is 4.90 Å². The normalized spacial score (nSPS) is 24.9. The van der Waals surface area contributed by atoms with Crippen molar-refractivity contribution in [2.45, 2.75) is 25.8 Å². The van der Waals surface area contributed by atoms with E-state index in [0.717, 1.165) is 56.8 Å². The summed E-state index contributed by atoms with van der Waals surface area (Å²) < 4.78 is 1.75. The molecule has 1 amide bonds. The van der Waals surface area contributed by atoms with Crippen LogP contribution in [0.2, 0.25) is 0 Å². The zero-order valence-electron chi connectivity index (χ0n) is 14.1. The van der Waals surface area contributed by atoms with Crippen LogP contribution in [0.5, 0.6) is 0 Å². The second kappa shape index (κ2) is 6.02. The first-order valence-corrected chi connectivity index (χ1v) is 8.59. The zero-order chi connectivity index (χ0) is 16.6. The maximum atomic E-state index is 13.1. The van der Waals surface area contributed by atoms with Crippen molar-refractivity contribution in [3.63, 3.8) is 0 Å². The molecular weight excluding hydrogens is 302 g/mol. The first kappa shape index (κ1) is 15.3. The lowest BCUT2D eigenvalue weighted by atomic mass is 9.78. The van der Waals surface area contributed by atoms with Crippen LogP contribution in [0.3, 0.4) is 0 Å². The molecule has 1 atom stereocenters. The van der Waals surface area contributed by atoms with E-state index < -0.39 is 0 Å². The summed E-state index contributed by atoms with van der Waals surface area (Å²) in [6, 6.07) is 6.01. The minimum absolute atomic E-state index is 0.233. The first-order valence-electron chi connectivity index (χ1n) is 8.59. The van der Waals surface area contributed by atoms with Crippen LogP contribution in [-0.2, 0) is 18.4 Å². The smallest absolute Gasteiger partial charge is 0.234 e. The minimum Gasteiger partial charge on any atom is -0.309 e. The number of pyridine rings is 1. The fourth-order valence-electron chi connectivity index (χ4n) is 4.08. The summed E-state index contributed by atoms with van der Waals surface area (Å²) in [5.41, 5.74) is 1.76. The van der Waals surface area contributed by atoms with Gasteiger partial charge in [0.2, 0.25) is 5.91 Å². The standard InChI is InChI=1S/C18H23N5O/c1-21-13-16(11-20-21)23-10-7-18(17(23)24)6-4-9-22(14-18)12-15-5-2-3-8-19-15/h2-3,5,8,11,13H,4,6-7,9-10,12,14H2,1H3/t18-/m0/s1. The second-order valence-corrected chi connectivity index (χ2v) is 6.99. The Morgan fingerprint density at radius 2 is 2.17 bits per heavy atom. The number of nitrogens with zero attached hydrogens (tertiary/aromatic N) is 5. The van der Waals surface area contributed by atoms with Gasteiger partial charge in [0, 0.05) is 39.1 Å². The van der Waals surface area contributed by atoms with Crippen molar-refractivity contribution < 1.29 is 4.79 Å². The summed E-state index contributed by atoms with van der Waals surface area (Å²) in [7, 11) is 1.88. The predicted octanol–water partition coefficient (Wildman–Crippen LogP) is 1.83. The predicted molar refractivity (Wildman–Crippen MR) is 91.4 cm³/mol. The number of likely N-dealkylation sites (tertiary alicyclic amines) is 1. The van der Waals surface area contributed by atoms with Gasteiger partial charge >= 0.3 is 0 Å². The van der Waals surface area contributed by atoms with Crippen molar-refractivity contribution in [1.82, 2.24) is 19.7 Å². The quantitative estimate of drug-likeness (QED) is 0.864. The zero-order valence-corrected chi connectivity index (χ0v) is 14.1. The number of aromatic nitrogens is 3. The molecule has 0 N–H and O–H groups in total. The lowest BCUT2D eigenvalue weighted by molar-refractivity contribution is -0.128. The van der Waals surface area contributed by atoms with E-state index in [9.17, 15) is 4.79 Å². The van der Waals surface area contributed by atoms with E-state index in [2.05, 4.69) is 21.0 Å². The van der Waals surface area contributed by atoms with Gasteiger partial charge in [0.15, 0.2) is 0 Å². The van der Waals surface area contributed by atoms with Gasteiger partial charge in [0.1, 0.15) is 0 Å². The van der Waals surface area contributed by atoms with E-state index in [1.807, 2.05) is 36.5 Å². The molecule has 2 aliphatic rings. The van der Waals surface area contributed by atoms with Crippen LogP contribution >= 0.6 is 0 Å². The molecular formula is C18H23N5O. The van der Waals surface area contributed by atoms with Crippen LogP contribution in [0.25, 0.3) is 0 Å². The molecule has 0 aliphatic carbocycles. The fraction of sp³-hybridized carbons (Fsp3) is 0.500. The number of carbonyl (C=O) groups is 1. The maximum absolute atomic E-state index is 13.1. The summed E-state index contributed by atoms with van der Waals surface area (Å²) in [5, 5.41) is 4.20. The average Bonchev–Trinajstić information content (AvgIpc) is 3.14. The molecule has 0 aromatic carbocycles. The van der Waals surface area contributed by atoms with Gasteiger partial charge < -0.3 is 4.90 Å². The summed E-state index contributed by atoms with van der Waals surface area (Å²) >= 11 is 0. The molecule has 6 heteroatoms. The number of carbonyl (C=O) groups excluding carboxylic acids is 1. The SMILES string of the molecule is Cn1cc(N2CC[C@]3(CCCN(Cc4ccccn4)C3)C2=O)cn1. The Kier molecular flexibility index (Phi) is 3.84. The Balaban J connectivity index is 1.49. The van der Waals surface area contributed by atoms with Gasteiger partial charge in [-0.2, -0.15) is 5.10 Å². The second-order valence-electron chi connectivity index (χ2n) is 6.99. The lowest BCUT2D eigenvalue weighted by Crippen LogP contribution is -2.47. The number of aryl methyl sites for hydroxylation is 1. The molecule has 0 saturated carbocycles. The van der Waals surface area contributed by atoms with Crippen LogP contribution in [0.15, 0.2) is 36.8 Å². The molecule has 2 aromatic heterocycles. The van der Waals surface area contributed by atoms with E-state index in [1.165, 1.54) is 0 Å². The third-order valence-corrected chi connectivity index (χ3v) is 5.28. The van der Waals surface area contributed by atoms with E-state index in [-0.39, 0.29) is 11.3 Å². The molecule has 4 heterocycles. The van der Waals surface area contributed by atoms with Crippen molar-refractivity contribution in [1.29, 1.82) is 0 Å². The Morgan fingerprint density at radius 1 is 1.25 bits per heavy atom. The third kappa shape index (κ3) is 2.71. The molecule has 126 valence electrons. The van der Waals surface area contributed by atoms with Gasteiger partial charge in [-0.05, 0) is 37.9 Å². The number of anilines is 1. The highest BCUT2D eigenvalue weighted by Gasteiger charge is 2.49. The molecule has 1 spiro atoms. The average molecular weight is 325 g/mol. The summed E-state index contributed by atoms with van der Waals surface area (Å²) in [5.74, 6) is 0.265. The van der Waals surface area contributed by atoms with Crippen LogP contribution in [-0.4, -0.2) is 45.2 Å². The number of rotatable bonds is 3. The fourth-order valence-corrected chi connectivity index (χ4v) is 4.08. The van der Waals surface area contributed by atoms with Crippen LogP contribution in [0.4, 0.5) is 5.69 Å². The molecule has 0 unspecified atom stereocenters. The maximum Gasteiger partial charge on any atom is 0.234 e. The van der Waals surface area contributed by atoms with Crippen molar-refractivity contribution in [3.8, 4) is 0 Å². The number of piperidine rings is 1. The topological polar surface area (TPSA) is 54.3 Å². The number of amides is 1. The van der Waals surface area contributed by atoms with Crippen molar-refractivity contribution in [2.75, 3.05) is 24.5 Å². The molecule has 2 aromatic rings. The summed E-state index contributed by atoms with van der Waals surface area (Å²) in [4.78, 5) is 21.9. The molecule has 2 saturated heterocycles.